The molecule has 2 aromatic carbocycles. The molecule has 0 saturated carbocycles. The lowest BCUT2D eigenvalue weighted by Crippen LogP contribution is -2.33. The molecule has 0 radical (unpaired) electrons. The number of benzene rings is 2. The van der Waals surface area contributed by atoms with Crippen LogP contribution in [0.4, 0.5) is 8.78 Å². The van der Waals surface area contributed by atoms with E-state index in [1.54, 1.807) is 17.8 Å². The van der Waals surface area contributed by atoms with Crippen LogP contribution in [0.3, 0.4) is 0 Å². The Morgan fingerprint density at radius 3 is 2.46 bits per heavy atom. The van der Waals surface area contributed by atoms with Gasteiger partial charge in [0, 0.05) is 55.8 Å². The van der Waals surface area contributed by atoms with Gasteiger partial charge in [-0.05, 0) is 30.2 Å². The predicted octanol–water partition coefficient (Wildman–Crippen LogP) is 3.82. The topological polar surface area (TPSA) is 47.3 Å². The second kappa shape index (κ2) is 6.14. The minimum absolute atomic E-state index is 0.00400. The maximum atomic E-state index is 14.0. The maximum Gasteiger partial charge on any atom is 0.129 e. The lowest BCUT2D eigenvalue weighted by molar-refractivity contribution is -0.0671. The molecule has 4 rings (SSSR count). The van der Waals surface area contributed by atoms with Gasteiger partial charge in [0.25, 0.3) is 0 Å². The highest BCUT2D eigenvalue weighted by atomic mass is 19.1. The number of nitrogens with zero attached hydrogens (tertiary/aromatic N) is 2. The molecule has 0 atom stereocenters. The summed E-state index contributed by atoms with van der Waals surface area (Å²) in [5.74, 6) is -1.16. The average Bonchev–Trinajstić information content (AvgIpc) is 3.00. The Bertz CT molecular complexity index is 968. The Kier molecular flexibility index (Phi) is 4.04. The fourth-order valence-electron chi connectivity index (χ4n) is 3.63. The van der Waals surface area contributed by atoms with Gasteiger partial charge < -0.3 is 9.84 Å². The highest BCUT2D eigenvalue weighted by molar-refractivity contribution is 5.96. The Morgan fingerprint density at radius 2 is 1.81 bits per heavy atom. The van der Waals surface area contributed by atoms with E-state index >= 15 is 0 Å². The van der Waals surface area contributed by atoms with Crippen LogP contribution < -0.4 is 0 Å². The molecule has 1 fully saturated rings. The van der Waals surface area contributed by atoms with E-state index in [0.29, 0.717) is 42.7 Å². The number of aliphatic hydroxyl groups is 1. The molecule has 0 aliphatic carbocycles. The number of ether oxygens (including phenoxy) is 1. The molecule has 1 aromatic heterocycles. The minimum atomic E-state index is -1.01. The van der Waals surface area contributed by atoms with Gasteiger partial charge in [0.2, 0.25) is 0 Å². The van der Waals surface area contributed by atoms with Crippen molar-refractivity contribution in [2.45, 2.75) is 25.4 Å². The molecule has 1 saturated heterocycles. The number of halogens is 2. The molecule has 0 spiro atoms. The third kappa shape index (κ3) is 2.70. The molecule has 4 nitrogen and oxygen atoms in total. The van der Waals surface area contributed by atoms with E-state index in [2.05, 4.69) is 5.10 Å². The number of rotatable bonds is 2. The van der Waals surface area contributed by atoms with Crippen LogP contribution >= 0.6 is 0 Å². The van der Waals surface area contributed by atoms with Crippen LogP contribution in [0.1, 0.15) is 24.0 Å². The maximum absolute atomic E-state index is 14.0. The van der Waals surface area contributed by atoms with E-state index in [1.807, 2.05) is 12.3 Å². The van der Waals surface area contributed by atoms with Crippen molar-refractivity contribution in [1.82, 2.24) is 9.78 Å². The van der Waals surface area contributed by atoms with Crippen molar-refractivity contribution in [2.75, 3.05) is 13.2 Å². The van der Waals surface area contributed by atoms with E-state index in [4.69, 9.17) is 4.74 Å². The van der Waals surface area contributed by atoms with Crippen molar-refractivity contribution in [1.29, 1.82) is 0 Å². The lowest BCUT2D eigenvalue weighted by atomic mass is 9.84. The Morgan fingerprint density at radius 1 is 1.15 bits per heavy atom. The number of aromatic nitrogens is 2. The monoisotopic (exact) mass is 358 g/mol. The summed E-state index contributed by atoms with van der Waals surface area (Å²) in [6, 6.07) is 6.29. The summed E-state index contributed by atoms with van der Waals surface area (Å²) in [7, 11) is 1.79. The third-order valence-electron chi connectivity index (χ3n) is 5.20. The highest BCUT2D eigenvalue weighted by Crippen LogP contribution is 2.39. The summed E-state index contributed by atoms with van der Waals surface area (Å²) in [5, 5.41) is 16.4. The Hall–Kier alpha value is -2.31. The molecule has 1 N–H and O–H groups in total. The van der Waals surface area contributed by atoms with E-state index in [9.17, 15) is 13.9 Å². The normalized spacial score (nSPS) is 17.0. The minimum Gasteiger partial charge on any atom is -0.385 e. The molecule has 1 aliphatic heterocycles. The van der Waals surface area contributed by atoms with Crippen LogP contribution in [0.25, 0.3) is 22.0 Å². The first-order valence-corrected chi connectivity index (χ1v) is 8.62. The van der Waals surface area contributed by atoms with E-state index < -0.39 is 17.2 Å². The first kappa shape index (κ1) is 17.1. The standard InChI is InChI=1S/C20H20F2N2O2/c1-12-17(21)9-13(10-18(12)22)14-3-4-16(19-15(14)11-24(2)23-19)20(25)5-7-26-8-6-20/h3-4,9-11,25H,5-8H2,1-2H3. The van der Waals surface area contributed by atoms with Crippen molar-refractivity contribution >= 4 is 10.9 Å². The van der Waals surface area contributed by atoms with Gasteiger partial charge >= 0.3 is 0 Å². The zero-order valence-electron chi connectivity index (χ0n) is 14.7. The molecule has 136 valence electrons. The number of hydrogen-bond donors (Lipinski definition) is 1. The quantitative estimate of drug-likeness (QED) is 0.757. The molecule has 1 aliphatic rings. The molecule has 0 unspecified atom stereocenters. The fourth-order valence-corrected chi connectivity index (χ4v) is 3.63. The molecule has 26 heavy (non-hydrogen) atoms. The summed E-state index contributed by atoms with van der Waals surface area (Å²) < 4.78 is 35.1. The molecule has 2 heterocycles. The van der Waals surface area contributed by atoms with Crippen LogP contribution in [-0.2, 0) is 17.4 Å². The second-order valence-electron chi connectivity index (χ2n) is 6.93. The summed E-state index contributed by atoms with van der Waals surface area (Å²) in [4.78, 5) is 0. The van der Waals surface area contributed by atoms with Gasteiger partial charge in [-0.15, -0.1) is 0 Å². The molecule has 0 bridgehead atoms. The van der Waals surface area contributed by atoms with Gasteiger partial charge in [0.15, 0.2) is 0 Å². The van der Waals surface area contributed by atoms with Crippen molar-refractivity contribution in [2.24, 2.45) is 7.05 Å². The summed E-state index contributed by atoms with van der Waals surface area (Å²) in [6.45, 7) is 2.39. The van der Waals surface area contributed by atoms with Gasteiger partial charge in [-0.25, -0.2) is 8.78 Å². The van der Waals surface area contributed by atoms with Crippen molar-refractivity contribution in [3.63, 3.8) is 0 Å². The summed E-state index contributed by atoms with van der Waals surface area (Å²) in [5.41, 5.74) is 1.51. The second-order valence-corrected chi connectivity index (χ2v) is 6.93. The van der Waals surface area contributed by atoms with E-state index in [1.165, 1.54) is 19.1 Å². The van der Waals surface area contributed by atoms with E-state index in [0.717, 1.165) is 10.9 Å². The molecule has 3 aromatic rings. The molecular weight excluding hydrogens is 338 g/mol. The largest absolute Gasteiger partial charge is 0.385 e. The number of aryl methyl sites for hydroxylation is 1. The third-order valence-corrected chi connectivity index (χ3v) is 5.20. The fraction of sp³-hybridized carbons (Fsp3) is 0.350. The smallest absolute Gasteiger partial charge is 0.129 e. The molecular formula is C20H20F2N2O2. The lowest BCUT2D eigenvalue weighted by Gasteiger charge is -2.32. The van der Waals surface area contributed by atoms with Gasteiger partial charge in [-0.2, -0.15) is 5.10 Å². The number of fused-ring (bicyclic) bond motifs is 1. The SMILES string of the molecule is Cc1c(F)cc(-c2ccc(C3(O)CCOCC3)c3nn(C)cc23)cc1F. The van der Waals surface area contributed by atoms with Crippen molar-refractivity contribution in [3.05, 3.63) is 53.2 Å². The van der Waals surface area contributed by atoms with E-state index in [-0.39, 0.29) is 5.56 Å². The van der Waals surface area contributed by atoms with Crippen LogP contribution in [0.2, 0.25) is 0 Å². The average molecular weight is 358 g/mol. The van der Waals surface area contributed by atoms with Crippen LogP contribution in [0.5, 0.6) is 0 Å². The zero-order chi connectivity index (χ0) is 18.5. The zero-order valence-corrected chi connectivity index (χ0v) is 14.7. The van der Waals surface area contributed by atoms with Crippen molar-refractivity contribution < 1.29 is 18.6 Å². The van der Waals surface area contributed by atoms with Crippen LogP contribution in [0, 0.1) is 18.6 Å². The van der Waals surface area contributed by atoms with Crippen LogP contribution in [0.15, 0.2) is 30.5 Å². The first-order valence-electron chi connectivity index (χ1n) is 8.62. The van der Waals surface area contributed by atoms with Gasteiger partial charge in [0.05, 0.1) is 11.1 Å². The predicted molar refractivity (Wildman–Crippen MR) is 94.8 cm³/mol. The Balaban J connectivity index is 1.93. The number of hydrogen-bond acceptors (Lipinski definition) is 3. The summed E-state index contributed by atoms with van der Waals surface area (Å²) in [6.07, 6.45) is 2.80. The van der Waals surface area contributed by atoms with Crippen molar-refractivity contribution in [3.8, 4) is 11.1 Å². The molecule has 6 heteroatoms. The van der Waals surface area contributed by atoms with Gasteiger partial charge in [-0.3, -0.25) is 4.68 Å². The first-order chi connectivity index (χ1) is 12.4. The van der Waals surface area contributed by atoms with Gasteiger partial charge in [-0.1, -0.05) is 12.1 Å². The van der Waals surface area contributed by atoms with Gasteiger partial charge in [0.1, 0.15) is 11.6 Å². The Labute approximate surface area is 150 Å². The van der Waals surface area contributed by atoms with Crippen LogP contribution in [-0.4, -0.2) is 28.1 Å². The highest BCUT2D eigenvalue weighted by Gasteiger charge is 2.34. The molecule has 0 amide bonds. The summed E-state index contributed by atoms with van der Waals surface area (Å²) >= 11 is 0.